The van der Waals surface area contributed by atoms with E-state index in [4.69, 9.17) is 9.40 Å². The molecule has 2 aromatic rings. The van der Waals surface area contributed by atoms with Crippen LogP contribution < -0.4 is 20.6 Å². The van der Waals surface area contributed by atoms with E-state index in [0.29, 0.717) is 30.0 Å². The lowest BCUT2D eigenvalue weighted by Crippen LogP contribution is -2.33. The number of carbonyl (C=O) groups is 1. The van der Waals surface area contributed by atoms with E-state index in [-0.39, 0.29) is 11.6 Å². The fraction of sp³-hybridized carbons (Fsp3) is 0.379. The number of hydrogen-bond donors (Lipinski definition) is 2. The second kappa shape index (κ2) is 11.8. The monoisotopic (exact) mass is 488 g/mol. The smallest absolute Gasteiger partial charge is 0.319 e. The van der Waals surface area contributed by atoms with Crippen molar-refractivity contribution in [3.8, 4) is 11.5 Å². The molecule has 0 bridgehead atoms. The molecule has 0 radical (unpaired) electrons. The number of urea groups is 1. The lowest BCUT2D eigenvalue weighted by Gasteiger charge is -2.19. The van der Waals surface area contributed by atoms with E-state index < -0.39 is 0 Å². The number of anilines is 1. The van der Waals surface area contributed by atoms with E-state index in [1.807, 2.05) is 70.2 Å². The number of hydrogen-bond acceptors (Lipinski definition) is 4. The second-order valence-corrected chi connectivity index (χ2v) is 8.96. The molecule has 0 spiro atoms. The molecule has 2 aliphatic rings. The van der Waals surface area contributed by atoms with E-state index >= 15 is 0 Å². The van der Waals surface area contributed by atoms with Gasteiger partial charge in [-0.25, -0.2) is 14.4 Å². The van der Waals surface area contributed by atoms with Gasteiger partial charge in [-0.05, 0) is 46.9 Å². The number of nitrogens with one attached hydrogen (secondary N) is 2. The molecule has 0 unspecified atom stereocenters. The van der Waals surface area contributed by atoms with Crippen molar-refractivity contribution >= 4 is 40.3 Å². The fourth-order valence-corrected chi connectivity index (χ4v) is 4.06. The van der Waals surface area contributed by atoms with Gasteiger partial charge in [-0.15, -0.1) is 0 Å². The first-order valence-corrected chi connectivity index (χ1v) is 12.7. The Labute approximate surface area is 213 Å². The first-order chi connectivity index (χ1) is 17.3. The van der Waals surface area contributed by atoms with Crippen molar-refractivity contribution in [3.05, 3.63) is 53.9 Å². The third-order valence-corrected chi connectivity index (χ3v) is 6.20. The Bertz CT molecular complexity index is 1400. The van der Waals surface area contributed by atoms with Gasteiger partial charge in [0.25, 0.3) is 0 Å². The third-order valence-electron chi connectivity index (χ3n) is 6.20. The molecule has 1 heterocycles. The number of benzene rings is 3. The number of aliphatic imine (C=N–C) groups is 1. The summed E-state index contributed by atoms with van der Waals surface area (Å²) in [6, 6.07) is 15.6. The van der Waals surface area contributed by atoms with Crippen LogP contribution in [-0.2, 0) is 0 Å². The average molecular weight is 489 g/mol. The van der Waals surface area contributed by atoms with Crippen LogP contribution in [0.3, 0.4) is 0 Å². The van der Waals surface area contributed by atoms with Gasteiger partial charge < -0.3 is 15.1 Å². The molecule has 2 amide bonds. The van der Waals surface area contributed by atoms with Crippen molar-refractivity contribution in [2.75, 3.05) is 25.0 Å². The zero-order valence-electron chi connectivity index (χ0n) is 22.3. The highest BCUT2D eigenvalue weighted by atomic mass is 16.3. The number of aromatic nitrogens is 1. The van der Waals surface area contributed by atoms with Crippen LogP contribution in [0, 0.1) is 0 Å². The van der Waals surface area contributed by atoms with Gasteiger partial charge in [-0.1, -0.05) is 38.1 Å². The number of amides is 2. The molecular formula is C29H38N5O2+. The van der Waals surface area contributed by atoms with Crippen LogP contribution in [-0.4, -0.2) is 42.9 Å². The molecule has 7 nitrogen and oxygen atoms in total. The Hall–Kier alpha value is -3.74. The van der Waals surface area contributed by atoms with Crippen LogP contribution in [0.1, 0.15) is 48.0 Å². The van der Waals surface area contributed by atoms with E-state index in [2.05, 4.69) is 46.8 Å². The summed E-state index contributed by atoms with van der Waals surface area (Å²) < 4.78 is 8.58. The normalized spacial score (nSPS) is 11.2. The number of fused-ring (bicyclic) bond motifs is 4. The second-order valence-electron chi connectivity index (χ2n) is 8.96. The first-order valence-electron chi connectivity index (χ1n) is 12.7. The van der Waals surface area contributed by atoms with Crippen molar-refractivity contribution in [2.45, 2.75) is 53.5 Å². The highest BCUT2D eigenvalue weighted by Crippen LogP contribution is 2.34. The Morgan fingerprint density at radius 2 is 1.78 bits per heavy atom. The first kappa shape index (κ1) is 26.9. The highest BCUT2D eigenvalue weighted by molar-refractivity contribution is 6.12. The minimum atomic E-state index is -0.279. The molecule has 0 fully saturated rings. The molecule has 7 heteroatoms. The van der Waals surface area contributed by atoms with Crippen molar-refractivity contribution in [1.82, 2.24) is 14.9 Å². The Morgan fingerprint density at radius 1 is 1.08 bits per heavy atom. The molecule has 2 aromatic carbocycles. The van der Waals surface area contributed by atoms with E-state index in [9.17, 15) is 4.79 Å². The standard InChI is InChI=1S/C27H31N5O2.C2H6/c1-6-32(7-2)18-12-13-21-23(16-18)34-24-17-22(19-10-8-9-11-20(19)25(24)30-21)31-26(33)29-15-14-27(3,4)28-5;1-2/h8-13,16-17H,5-7,14-15H2,1-4H3,(H,29,33);1-2H3/p+1. The van der Waals surface area contributed by atoms with Crippen molar-refractivity contribution in [2.24, 2.45) is 4.99 Å². The minimum absolute atomic E-state index is 0.276. The topological polar surface area (TPSA) is 82.5 Å². The summed E-state index contributed by atoms with van der Waals surface area (Å²) in [5.74, 6) is 0.710. The minimum Gasteiger partial charge on any atom is -0.452 e. The van der Waals surface area contributed by atoms with Crippen LogP contribution in [0.25, 0.3) is 33.3 Å². The summed E-state index contributed by atoms with van der Waals surface area (Å²) in [5, 5.41) is 8.81. The average Bonchev–Trinajstić information content (AvgIpc) is 2.89. The quantitative estimate of drug-likeness (QED) is 0.147. The molecule has 0 aromatic heterocycles. The Kier molecular flexibility index (Phi) is 8.80. The van der Waals surface area contributed by atoms with Gasteiger partial charge in [0.2, 0.25) is 5.36 Å². The van der Waals surface area contributed by atoms with Crippen LogP contribution >= 0.6 is 0 Å². The molecule has 1 aliphatic carbocycles. The third kappa shape index (κ3) is 5.90. The van der Waals surface area contributed by atoms with E-state index in [1.165, 1.54) is 0 Å². The van der Waals surface area contributed by atoms with Gasteiger partial charge in [0.1, 0.15) is 24.3 Å². The van der Waals surface area contributed by atoms with Gasteiger partial charge in [-0.2, -0.15) is 0 Å². The summed E-state index contributed by atoms with van der Waals surface area (Å²) in [6.45, 7) is 18.2. The van der Waals surface area contributed by atoms with Gasteiger partial charge in [0.05, 0.1) is 17.3 Å². The maximum absolute atomic E-state index is 12.6. The molecule has 0 atom stereocenters. The fourth-order valence-electron chi connectivity index (χ4n) is 4.06. The lowest BCUT2D eigenvalue weighted by molar-refractivity contribution is 0.251. The number of rotatable bonds is 7. The maximum atomic E-state index is 12.6. The molecule has 4 rings (SSSR count). The van der Waals surface area contributed by atoms with Crippen LogP contribution in [0.4, 0.5) is 10.5 Å². The molecular weight excluding hydrogens is 450 g/mol. The highest BCUT2D eigenvalue weighted by Gasteiger charge is 2.17. The van der Waals surface area contributed by atoms with Gasteiger partial charge in [0.15, 0.2) is 11.3 Å². The Morgan fingerprint density at radius 3 is 2.44 bits per heavy atom. The number of nitrogens with zero attached hydrogens (tertiary/aromatic N) is 3. The zero-order chi connectivity index (χ0) is 26.3. The van der Waals surface area contributed by atoms with Crippen molar-refractivity contribution in [3.63, 3.8) is 0 Å². The predicted octanol–water partition coefficient (Wildman–Crippen LogP) is 5.91. The molecule has 2 N–H and O–H groups in total. The van der Waals surface area contributed by atoms with E-state index in [0.717, 1.165) is 40.4 Å². The predicted molar refractivity (Wildman–Crippen MR) is 151 cm³/mol. The van der Waals surface area contributed by atoms with Crippen LogP contribution in [0.2, 0.25) is 0 Å². The zero-order valence-corrected chi connectivity index (χ0v) is 22.3. The Balaban J connectivity index is 0.00000176. The van der Waals surface area contributed by atoms with Crippen molar-refractivity contribution in [1.29, 1.82) is 0 Å². The maximum Gasteiger partial charge on any atom is 0.319 e. The summed E-state index contributed by atoms with van der Waals surface area (Å²) in [5.41, 5.74) is 2.58. The molecule has 1 aliphatic heterocycles. The van der Waals surface area contributed by atoms with Gasteiger partial charge >= 0.3 is 6.03 Å². The van der Waals surface area contributed by atoms with Gasteiger partial charge in [-0.3, -0.25) is 4.99 Å². The largest absolute Gasteiger partial charge is 0.452 e. The summed E-state index contributed by atoms with van der Waals surface area (Å²) in [6.07, 6.45) is 0.697. The summed E-state index contributed by atoms with van der Waals surface area (Å²) in [7, 11) is 0. The van der Waals surface area contributed by atoms with Crippen molar-refractivity contribution < 1.29 is 9.21 Å². The molecule has 190 valence electrons. The van der Waals surface area contributed by atoms with Gasteiger partial charge in [0, 0.05) is 29.4 Å². The van der Waals surface area contributed by atoms with Crippen LogP contribution in [0.5, 0.6) is 0 Å². The van der Waals surface area contributed by atoms with E-state index in [1.54, 1.807) is 0 Å². The summed E-state index contributed by atoms with van der Waals surface area (Å²) >= 11 is 0. The van der Waals surface area contributed by atoms with Crippen LogP contribution in [0.15, 0.2) is 57.9 Å². The molecule has 0 saturated heterocycles. The SMILES string of the molecule is C=NC(C)(C)CCNC(=O)Nc1cc2oc3cc(=[N+](CC)CC)ccc-3nc2c2ccccc12.CC. The number of carbonyl (C=O) groups excluding carboxylic acids is 1. The lowest BCUT2D eigenvalue weighted by atomic mass is 10.0. The molecule has 0 saturated carbocycles. The summed E-state index contributed by atoms with van der Waals surface area (Å²) in [4.78, 5) is 21.6. The molecule has 36 heavy (non-hydrogen) atoms.